The third-order valence-electron chi connectivity index (χ3n) is 5.42. The Kier molecular flexibility index (Phi) is 10.5. The van der Waals surface area contributed by atoms with Crippen LogP contribution in [0.4, 0.5) is 4.79 Å². The molecule has 2 N–H and O–H groups in total. The first-order valence-electron chi connectivity index (χ1n) is 11.4. The van der Waals surface area contributed by atoms with E-state index in [2.05, 4.69) is 16.1 Å². The summed E-state index contributed by atoms with van der Waals surface area (Å²) < 4.78 is 37.1. The summed E-state index contributed by atoms with van der Waals surface area (Å²) in [5, 5.41) is 11.8. The normalized spacial score (nSPS) is 17.2. The summed E-state index contributed by atoms with van der Waals surface area (Å²) in [4.78, 5) is 37.9. The van der Waals surface area contributed by atoms with Crippen molar-refractivity contribution in [3.63, 3.8) is 0 Å². The van der Waals surface area contributed by atoms with Crippen molar-refractivity contribution >= 4 is 28.0 Å². The number of hydrogen-bond donors (Lipinski definition) is 2. The summed E-state index contributed by atoms with van der Waals surface area (Å²) in [5.74, 6) is -1.04. The topological polar surface area (TPSA) is 155 Å². The summed E-state index contributed by atoms with van der Waals surface area (Å²) in [5.41, 5.74) is 0.949. The lowest BCUT2D eigenvalue weighted by Crippen LogP contribution is -2.50. The summed E-state index contributed by atoms with van der Waals surface area (Å²) in [7, 11) is -3.65. The number of nitrogens with zero attached hydrogens (tertiary/aromatic N) is 2. The minimum atomic E-state index is -3.65. The van der Waals surface area contributed by atoms with Gasteiger partial charge in [0.05, 0.1) is 11.0 Å². The molecule has 35 heavy (non-hydrogen) atoms. The predicted molar refractivity (Wildman–Crippen MR) is 125 cm³/mol. The first-order chi connectivity index (χ1) is 16.5. The van der Waals surface area contributed by atoms with Crippen molar-refractivity contribution < 1.29 is 32.3 Å². The lowest BCUT2D eigenvalue weighted by molar-refractivity contribution is -0.162. The average Bonchev–Trinajstić information content (AvgIpc) is 3.26. The molecule has 1 heterocycles. The second kappa shape index (κ2) is 13.1. The van der Waals surface area contributed by atoms with Crippen LogP contribution in [0.25, 0.3) is 0 Å². The van der Waals surface area contributed by atoms with Gasteiger partial charge in [-0.15, -0.1) is 0 Å². The summed E-state index contributed by atoms with van der Waals surface area (Å²) in [6, 6.07) is 7.04. The number of alkyl carbamates (subject to hydrolysis) is 1. The number of esters is 1. The first-order valence-corrected chi connectivity index (χ1v) is 12.9. The monoisotopic (exact) mass is 508 g/mol. The maximum atomic E-state index is 13.1. The molecule has 1 unspecified atom stereocenters. The Morgan fingerprint density at radius 1 is 1.20 bits per heavy atom. The molecule has 2 amide bonds. The fraction of sp³-hybridized carbons (Fsp3) is 0.565. The number of sulfonamides is 1. The maximum Gasteiger partial charge on any atom is 0.410 e. The Labute approximate surface area is 205 Å². The van der Waals surface area contributed by atoms with Crippen LogP contribution in [0, 0.1) is 18.3 Å². The van der Waals surface area contributed by atoms with E-state index in [-0.39, 0.29) is 17.9 Å². The van der Waals surface area contributed by atoms with Crippen LogP contribution in [0.15, 0.2) is 29.2 Å². The van der Waals surface area contributed by atoms with Gasteiger partial charge in [0.1, 0.15) is 12.1 Å². The standard InChI is InChI=1S/C23H32N4O7S/c1-16-9-11-20(12-10-16)35(31,32)25-13-5-4-8-21(22(29)27-14-6-7-19(27)15-24)26-23(30)34-18(3)33-17(2)28/h9-12,18-19,21,25H,4-8,13-14H2,1-3H3,(H,26,30)/t18?,19-,21-/m0/s1. The molecule has 0 aromatic heterocycles. The average molecular weight is 509 g/mol. The van der Waals surface area contributed by atoms with Gasteiger partial charge in [-0.05, 0) is 51.2 Å². The highest BCUT2D eigenvalue weighted by Gasteiger charge is 2.34. The van der Waals surface area contributed by atoms with Crippen molar-refractivity contribution in [1.82, 2.24) is 14.9 Å². The van der Waals surface area contributed by atoms with Gasteiger partial charge in [-0.3, -0.25) is 9.59 Å². The molecule has 0 aliphatic carbocycles. The second-order valence-electron chi connectivity index (χ2n) is 8.30. The van der Waals surface area contributed by atoms with Crippen molar-refractivity contribution in [2.45, 2.75) is 76.1 Å². The molecule has 1 aromatic carbocycles. The molecule has 2 rings (SSSR count). The van der Waals surface area contributed by atoms with Crippen LogP contribution in [0.5, 0.6) is 0 Å². The Bertz CT molecular complexity index is 1040. The number of aryl methyl sites for hydroxylation is 1. The van der Waals surface area contributed by atoms with E-state index in [1.165, 1.54) is 30.9 Å². The fourth-order valence-corrected chi connectivity index (χ4v) is 4.76. The third-order valence-corrected chi connectivity index (χ3v) is 6.90. The van der Waals surface area contributed by atoms with Gasteiger partial charge in [0, 0.05) is 26.9 Å². The summed E-state index contributed by atoms with van der Waals surface area (Å²) in [6.07, 6.45) is 0.198. The lowest BCUT2D eigenvalue weighted by atomic mass is 10.1. The molecule has 0 radical (unpaired) electrons. The highest BCUT2D eigenvalue weighted by Crippen LogP contribution is 2.19. The number of nitrogens with one attached hydrogen (secondary N) is 2. The van der Waals surface area contributed by atoms with Crippen LogP contribution >= 0.6 is 0 Å². The van der Waals surface area contributed by atoms with Crippen molar-refractivity contribution in [3.8, 4) is 6.07 Å². The van der Waals surface area contributed by atoms with Gasteiger partial charge in [-0.25, -0.2) is 17.9 Å². The molecule has 1 aliphatic heterocycles. The van der Waals surface area contributed by atoms with E-state index < -0.39 is 46.4 Å². The Morgan fingerprint density at radius 3 is 2.51 bits per heavy atom. The molecule has 0 spiro atoms. The fourth-order valence-electron chi connectivity index (χ4n) is 3.69. The molecular formula is C23H32N4O7S. The van der Waals surface area contributed by atoms with Gasteiger partial charge >= 0.3 is 12.1 Å². The number of benzene rings is 1. The zero-order valence-corrected chi connectivity index (χ0v) is 21.0. The zero-order valence-electron chi connectivity index (χ0n) is 20.2. The van der Waals surface area contributed by atoms with Gasteiger partial charge in [0.15, 0.2) is 0 Å². The third kappa shape index (κ3) is 8.84. The molecule has 1 saturated heterocycles. The lowest BCUT2D eigenvalue weighted by Gasteiger charge is -2.26. The van der Waals surface area contributed by atoms with Crippen molar-refractivity contribution in [2.75, 3.05) is 13.1 Å². The number of rotatable bonds is 11. The van der Waals surface area contributed by atoms with E-state index in [1.807, 2.05) is 6.92 Å². The van der Waals surface area contributed by atoms with E-state index in [4.69, 9.17) is 9.47 Å². The van der Waals surface area contributed by atoms with Crippen LogP contribution < -0.4 is 10.0 Å². The highest BCUT2D eigenvalue weighted by atomic mass is 32.2. The van der Waals surface area contributed by atoms with Crippen molar-refractivity contribution in [1.29, 1.82) is 5.26 Å². The molecule has 1 aliphatic rings. The number of carbonyl (C=O) groups excluding carboxylic acids is 3. The van der Waals surface area contributed by atoms with Gasteiger partial charge in [0.2, 0.25) is 22.2 Å². The van der Waals surface area contributed by atoms with Crippen molar-refractivity contribution in [3.05, 3.63) is 29.8 Å². The van der Waals surface area contributed by atoms with E-state index in [0.717, 1.165) is 5.56 Å². The van der Waals surface area contributed by atoms with Crippen LogP contribution in [0.2, 0.25) is 0 Å². The SMILES string of the molecule is CC(=O)OC(C)OC(=O)N[C@@H](CCCCNS(=O)(=O)c1ccc(C)cc1)C(=O)N1CCC[C@H]1C#N. The summed E-state index contributed by atoms with van der Waals surface area (Å²) in [6.45, 7) is 4.96. The largest absolute Gasteiger partial charge is 0.426 e. The van der Waals surface area contributed by atoms with Crippen LogP contribution in [0.1, 0.15) is 51.5 Å². The van der Waals surface area contributed by atoms with E-state index in [0.29, 0.717) is 32.2 Å². The van der Waals surface area contributed by atoms with E-state index >= 15 is 0 Å². The van der Waals surface area contributed by atoms with Crippen LogP contribution in [0.3, 0.4) is 0 Å². The molecule has 1 fully saturated rings. The molecular weight excluding hydrogens is 476 g/mol. The Morgan fingerprint density at radius 2 is 1.89 bits per heavy atom. The molecule has 0 bridgehead atoms. The number of likely N-dealkylation sites (tertiary alicyclic amines) is 1. The number of ether oxygens (including phenoxy) is 2. The molecule has 1 aromatic rings. The van der Waals surface area contributed by atoms with Gasteiger partial charge < -0.3 is 19.7 Å². The maximum absolute atomic E-state index is 13.1. The minimum absolute atomic E-state index is 0.148. The number of carbonyl (C=O) groups is 3. The summed E-state index contributed by atoms with van der Waals surface area (Å²) >= 11 is 0. The minimum Gasteiger partial charge on any atom is -0.426 e. The number of amides is 2. The van der Waals surface area contributed by atoms with Gasteiger partial charge in [-0.2, -0.15) is 5.26 Å². The van der Waals surface area contributed by atoms with Crippen LogP contribution in [-0.4, -0.2) is 62.8 Å². The van der Waals surface area contributed by atoms with Crippen molar-refractivity contribution in [2.24, 2.45) is 0 Å². The van der Waals surface area contributed by atoms with E-state index in [9.17, 15) is 28.1 Å². The molecule has 11 nitrogen and oxygen atoms in total. The second-order valence-corrected chi connectivity index (χ2v) is 10.1. The van der Waals surface area contributed by atoms with Gasteiger partial charge in [-0.1, -0.05) is 17.7 Å². The highest BCUT2D eigenvalue weighted by molar-refractivity contribution is 7.89. The number of unbranched alkanes of at least 4 members (excludes halogenated alkanes) is 1. The first kappa shape index (κ1) is 28.1. The predicted octanol–water partition coefficient (Wildman–Crippen LogP) is 1.96. The quantitative estimate of drug-likeness (QED) is 0.261. The Balaban J connectivity index is 1.94. The number of nitriles is 1. The van der Waals surface area contributed by atoms with Gasteiger partial charge in [0.25, 0.3) is 0 Å². The molecule has 12 heteroatoms. The Hall–Kier alpha value is -3.17. The van der Waals surface area contributed by atoms with E-state index in [1.54, 1.807) is 12.1 Å². The molecule has 0 saturated carbocycles. The smallest absolute Gasteiger partial charge is 0.410 e. The molecule has 192 valence electrons. The zero-order chi connectivity index (χ0) is 26.0. The number of hydrogen-bond acceptors (Lipinski definition) is 8. The molecule has 3 atom stereocenters. The van der Waals surface area contributed by atoms with Crippen LogP contribution in [-0.2, 0) is 29.1 Å².